The van der Waals surface area contributed by atoms with Crippen LogP contribution in [0.15, 0.2) is 54.6 Å². The van der Waals surface area contributed by atoms with Gasteiger partial charge >= 0.3 is 11.7 Å². The Kier molecular flexibility index (Phi) is 7.38. The number of amidine groups is 1. The molecule has 8 nitrogen and oxygen atoms in total. The summed E-state index contributed by atoms with van der Waals surface area (Å²) >= 11 is 1.37. The van der Waals surface area contributed by atoms with Crippen LogP contribution in [0.5, 0.6) is 5.75 Å². The summed E-state index contributed by atoms with van der Waals surface area (Å²) < 4.78 is 5.53. The molecule has 0 bridgehead atoms. The number of nitrogens with one attached hydrogen (secondary N) is 2. The van der Waals surface area contributed by atoms with E-state index in [4.69, 9.17) is 15.9 Å². The number of nitrogen functional groups attached to an aromatic ring is 1. The standard InChI is InChI=1S/C20H21N3O5S/c1-29-12-11-16(24)20(19(26)27,28-15-5-3-2-4-6-15)23-18(25)14-9-7-13(8-10-14)17(21)22/h2-10H,11-12H2,1H3,(H3,21,22)(H,23,25)(H,26,27). The maximum atomic E-state index is 12.8. The van der Waals surface area contributed by atoms with Gasteiger partial charge in [0.1, 0.15) is 11.6 Å². The minimum atomic E-state index is -2.58. The van der Waals surface area contributed by atoms with Gasteiger partial charge in [0.2, 0.25) is 5.78 Å². The van der Waals surface area contributed by atoms with Gasteiger partial charge in [-0.1, -0.05) is 30.3 Å². The van der Waals surface area contributed by atoms with Crippen LogP contribution in [-0.4, -0.2) is 46.3 Å². The average Bonchev–Trinajstić information content (AvgIpc) is 2.71. The van der Waals surface area contributed by atoms with Crippen molar-refractivity contribution in [2.24, 2.45) is 5.73 Å². The topological polar surface area (TPSA) is 143 Å². The zero-order chi connectivity index (χ0) is 21.4. The molecule has 2 aromatic carbocycles. The third kappa shape index (κ3) is 5.35. The highest BCUT2D eigenvalue weighted by molar-refractivity contribution is 7.98. The van der Waals surface area contributed by atoms with Gasteiger partial charge in [-0.05, 0) is 30.5 Å². The fourth-order valence-electron chi connectivity index (χ4n) is 2.44. The number of thioether (sulfide) groups is 1. The fraction of sp³-hybridized carbons (Fsp3) is 0.200. The van der Waals surface area contributed by atoms with Gasteiger partial charge in [-0.15, -0.1) is 0 Å². The number of ether oxygens (including phenoxy) is 1. The van der Waals surface area contributed by atoms with E-state index in [1.807, 2.05) is 0 Å². The van der Waals surface area contributed by atoms with Gasteiger partial charge in [0.25, 0.3) is 5.91 Å². The highest BCUT2D eigenvalue weighted by Crippen LogP contribution is 2.21. The van der Waals surface area contributed by atoms with E-state index in [-0.39, 0.29) is 23.6 Å². The number of rotatable bonds is 10. The van der Waals surface area contributed by atoms with Crippen molar-refractivity contribution >= 4 is 35.3 Å². The number of Topliss-reactive ketones (excluding diaryl/α,β-unsaturated/α-hetero) is 1. The summed E-state index contributed by atoms with van der Waals surface area (Å²) in [5, 5.41) is 19.5. The number of carboxylic acid groups (broad SMARTS) is 1. The van der Waals surface area contributed by atoms with E-state index in [1.54, 1.807) is 24.5 Å². The summed E-state index contributed by atoms with van der Waals surface area (Å²) in [5.41, 5.74) is 3.31. The number of amides is 1. The molecule has 2 rings (SSSR count). The molecule has 0 radical (unpaired) electrons. The van der Waals surface area contributed by atoms with Crippen molar-refractivity contribution < 1.29 is 24.2 Å². The minimum Gasteiger partial charge on any atom is -0.476 e. The SMILES string of the molecule is CSCCC(=O)C(NC(=O)c1ccc(C(=N)N)cc1)(Oc1ccccc1)C(=O)O. The van der Waals surface area contributed by atoms with Gasteiger partial charge in [-0.2, -0.15) is 11.8 Å². The molecule has 1 unspecified atom stereocenters. The van der Waals surface area contributed by atoms with Crippen molar-refractivity contribution in [3.8, 4) is 5.75 Å². The van der Waals surface area contributed by atoms with Crippen molar-refractivity contribution in [1.29, 1.82) is 5.41 Å². The summed E-state index contributed by atoms with van der Waals surface area (Å²) in [6, 6.07) is 13.6. The molecule has 0 aliphatic rings. The first-order valence-corrected chi connectivity index (χ1v) is 9.96. The molecule has 1 atom stereocenters. The zero-order valence-corrected chi connectivity index (χ0v) is 16.5. The number of ketones is 1. The van der Waals surface area contributed by atoms with E-state index in [0.717, 1.165) is 0 Å². The number of benzene rings is 2. The molecule has 9 heteroatoms. The zero-order valence-electron chi connectivity index (χ0n) is 15.7. The second kappa shape index (κ2) is 9.74. The van der Waals surface area contributed by atoms with Crippen LogP contribution < -0.4 is 15.8 Å². The third-order valence-electron chi connectivity index (χ3n) is 3.99. The number of nitrogens with two attached hydrogens (primary N) is 1. The maximum Gasteiger partial charge on any atom is 0.378 e. The van der Waals surface area contributed by atoms with Crippen LogP contribution in [0.4, 0.5) is 0 Å². The molecule has 0 saturated carbocycles. The monoisotopic (exact) mass is 415 g/mol. The quantitative estimate of drug-likeness (QED) is 0.201. The Hall–Kier alpha value is -3.33. The lowest BCUT2D eigenvalue weighted by Crippen LogP contribution is -2.64. The number of carbonyl (C=O) groups excluding carboxylic acids is 2. The molecular weight excluding hydrogens is 394 g/mol. The van der Waals surface area contributed by atoms with Crippen LogP contribution >= 0.6 is 11.8 Å². The van der Waals surface area contributed by atoms with Gasteiger partial charge in [0.15, 0.2) is 0 Å². The van der Waals surface area contributed by atoms with Crippen molar-refractivity contribution in [3.63, 3.8) is 0 Å². The Morgan fingerprint density at radius 3 is 2.21 bits per heavy atom. The summed E-state index contributed by atoms with van der Waals surface area (Å²) in [5.74, 6) is -2.89. The lowest BCUT2D eigenvalue weighted by atomic mass is 10.0. The lowest BCUT2D eigenvalue weighted by Gasteiger charge is -2.29. The summed E-state index contributed by atoms with van der Waals surface area (Å²) in [6.45, 7) is 0. The van der Waals surface area contributed by atoms with Crippen molar-refractivity contribution in [1.82, 2.24) is 5.32 Å². The van der Waals surface area contributed by atoms with Crippen LogP contribution in [0.3, 0.4) is 0 Å². The van der Waals surface area contributed by atoms with Crippen LogP contribution in [0.25, 0.3) is 0 Å². The molecule has 0 aliphatic carbocycles. The van der Waals surface area contributed by atoms with Gasteiger partial charge in [-0.25, -0.2) is 4.79 Å². The number of carboxylic acids is 1. The van der Waals surface area contributed by atoms with E-state index < -0.39 is 23.4 Å². The second-order valence-electron chi connectivity index (χ2n) is 6.01. The first kappa shape index (κ1) is 22.0. The van der Waals surface area contributed by atoms with E-state index in [9.17, 15) is 19.5 Å². The molecule has 0 heterocycles. The van der Waals surface area contributed by atoms with Gasteiger partial charge in [0.05, 0.1) is 0 Å². The molecule has 29 heavy (non-hydrogen) atoms. The van der Waals surface area contributed by atoms with Crippen LogP contribution in [-0.2, 0) is 9.59 Å². The highest BCUT2D eigenvalue weighted by atomic mass is 32.2. The number of hydrogen-bond acceptors (Lipinski definition) is 6. The van der Waals surface area contributed by atoms with Crippen LogP contribution in [0.2, 0.25) is 0 Å². The largest absolute Gasteiger partial charge is 0.476 e. The Labute approximate surface area is 171 Å². The minimum absolute atomic E-state index is 0.0925. The van der Waals surface area contributed by atoms with Gasteiger partial charge in [0, 0.05) is 23.3 Å². The maximum absolute atomic E-state index is 12.8. The van der Waals surface area contributed by atoms with E-state index in [1.165, 1.54) is 48.2 Å². The number of para-hydroxylation sites is 1. The molecule has 0 aliphatic heterocycles. The van der Waals surface area contributed by atoms with Gasteiger partial charge < -0.3 is 15.6 Å². The molecule has 0 spiro atoms. The lowest BCUT2D eigenvalue weighted by molar-refractivity contribution is -0.164. The Morgan fingerprint density at radius 1 is 1.10 bits per heavy atom. The number of carbonyl (C=O) groups is 3. The van der Waals surface area contributed by atoms with Crippen molar-refractivity contribution in [2.75, 3.05) is 12.0 Å². The Morgan fingerprint density at radius 2 is 1.69 bits per heavy atom. The summed E-state index contributed by atoms with van der Waals surface area (Å²) in [7, 11) is 0. The van der Waals surface area contributed by atoms with E-state index >= 15 is 0 Å². The predicted octanol–water partition coefficient (Wildman–Crippen LogP) is 1.88. The molecule has 2 aromatic rings. The number of aliphatic carboxylic acids is 1. The van der Waals surface area contributed by atoms with Gasteiger partial charge in [-0.3, -0.25) is 20.3 Å². The van der Waals surface area contributed by atoms with Crippen molar-refractivity contribution in [2.45, 2.75) is 12.1 Å². The predicted molar refractivity (Wildman–Crippen MR) is 110 cm³/mol. The number of hydrogen-bond donors (Lipinski definition) is 4. The molecule has 0 fully saturated rings. The summed E-state index contributed by atoms with van der Waals surface area (Å²) in [6.07, 6.45) is 1.67. The smallest absolute Gasteiger partial charge is 0.378 e. The normalized spacial score (nSPS) is 12.4. The van der Waals surface area contributed by atoms with Crippen molar-refractivity contribution in [3.05, 3.63) is 65.7 Å². The van der Waals surface area contributed by atoms with Crippen LogP contribution in [0.1, 0.15) is 22.3 Å². The Bertz CT molecular complexity index is 902. The van der Waals surface area contributed by atoms with Crippen LogP contribution in [0, 0.1) is 5.41 Å². The molecular formula is C20H21N3O5S. The third-order valence-corrected chi connectivity index (χ3v) is 4.60. The Balaban J connectivity index is 2.39. The first-order valence-electron chi connectivity index (χ1n) is 8.57. The summed E-state index contributed by atoms with van der Waals surface area (Å²) in [4.78, 5) is 37.6. The fourth-order valence-corrected chi connectivity index (χ4v) is 2.83. The first-order chi connectivity index (χ1) is 13.8. The van der Waals surface area contributed by atoms with E-state index in [0.29, 0.717) is 11.3 Å². The second-order valence-corrected chi connectivity index (χ2v) is 7.00. The molecule has 1 amide bonds. The molecule has 152 valence electrons. The molecule has 0 saturated heterocycles. The molecule has 5 N–H and O–H groups in total. The molecule has 0 aromatic heterocycles. The van der Waals surface area contributed by atoms with E-state index in [2.05, 4.69) is 5.32 Å². The highest BCUT2D eigenvalue weighted by Gasteiger charge is 2.50. The average molecular weight is 415 g/mol.